The van der Waals surface area contributed by atoms with Gasteiger partial charge in [-0.1, -0.05) is 57.2 Å². The van der Waals surface area contributed by atoms with Crippen LogP contribution in [0.3, 0.4) is 0 Å². The molecule has 0 bridgehead atoms. The lowest BCUT2D eigenvalue weighted by atomic mass is 9.94. The number of anilines is 2. The average Bonchev–Trinajstić information content (AvgIpc) is 2.57. The topological polar surface area (TPSA) is 24.1 Å². The summed E-state index contributed by atoms with van der Waals surface area (Å²) in [6, 6.07) is 7.99. The standard InChI is InChI=1S/C20H30N2/c1-2-16-13-14-19(21-17-9-5-3-6-10-17)15-20(16)22-18-11-7-4-8-12-18/h2,13-15,17-18,21-22H,1,3-12H2. The van der Waals surface area contributed by atoms with Crippen LogP contribution in [0.1, 0.15) is 69.8 Å². The van der Waals surface area contributed by atoms with Gasteiger partial charge in [0.2, 0.25) is 0 Å². The fourth-order valence-corrected chi connectivity index (χ4v) is 3.90. The molecule has 2 N–H and O–H groups in total. The van der Waals surface area contributed by atoms with Crippen LogP contribution in [0.2, 0.25) is 0 Å². The summed E-state index contributed by atoms with van der Waals surface area (Å²) in [5.41, 5.74) is 3.73. The van der Waals surface area contributed by atoms with Crippen molar-refractivity contribution in [3.63, 3.8) is 0 Å². The summed E-state index contributed by atoms with van der Waals surface area (Å²) in [6.45, 7) is 3.97. The minimum Gasteiger partial charge on any atom is -0.382 e. The molecule has 2 aliphatic carbocycles. The van der Waals surface area contributed by atoms with Gasteiger partial charge in [0.15, 0.2) is 0 Å². The van der Waals surface area contributed by atoms with E-state index < -0.39 is 0 Å². The Morgan fingerprint density at radius 1 is 0.818 bits per heavy atom. The highest BCUT2D eigenvalue weighted by atomic mass is 14.9. The molecule has 120 valence electrons. The van der Waals surface area contributed by atoms with Gasteiger partial charge in [-0.15, -0.1) is 0 Å². The number of hydrogen-bond donors (Lipinski definition) is 2. The maximum absolute atomic E-state index is 3.97. The predicted molar refractivity (Wildman–Crippen MR) is 97.5 cm³/mol. The third kappa shape index (κ3) is 4.06. The molecule has 0 spiro atoms. The molecule has 3 rings (SSSR count). The average molecular weight is 298 g/mol. The molecular weight excluding hydrogens is 268 g/mol. The van der Waals surface area contributed by atoms with Crippen LogP contribution >= 0.6 is 0 Å². The van der Waals surface area contributed by atoms with E-state index >= 15 is 0 Å². The van der Waals surface area contributed by atoms with E-state index in [1.165, 1.54) is 81.1 Å². The summed E-state index contributed by atoms with van der Waals surface area (Å²) in [5.74, 6) is 0. The second-order valence-corrected chi connectivity index (χ2v) is 6.96. The second-order valence-electron chi connectivity index (χ2n) is 6.96. The van der Waals surface area contributed by atoms with Gasteiger partial charge in [0, 0.05) is 23.5 Å². The van der Waals surface area contributed by atoms with E-state index in [1.807, 2.05) is 6.08 Å². The fourth-order valence-electron chi connectivity index (χ4n) is 3.90. The van der Waals surface area contributed by atoms with Crippen LogP contribution in [0.4, 0.5) is 11.4 Å². The summed E-state index contributed by atoms with van der Waals surface area (Å²) >= 11 is 0. The molecule has 0 atom stereocenters. The van der Waals surface area contributed by atoms with Gasteiger partial charge in [0.25, 0.3) is 0 Å². The molecule has 2 saturated carbocycles. The van der Waals surface area contributed by atoms with Crippen molar-refractivity contribution in [3.05, 3.63) is 30.3 Å². The van der Waals surface area contributed by atoms with Crippen LogP contribution in [0, 0.1) is 0 Å². The van der Waals surface area contributed by atoms with Crippen molar-refractivity contribution in [1.82, 2.24) is 0 Å². The summed E-state index contributed by atoms with van der Waals surface area (Å²) < 4.78 is 0. The Kier molecular flexibility index (Phi) is 5.42. The minimum absolute atomic E-state index is 0.636. The van der Waals surface area contributed by atoms with Gasteiger partial charge >= 0.3 is 0 Å². The van der Waals surface area contributed by atoms with E-state index in [2.05, 4.69) is 35.4 Å². The van der Waals surface area contributed by atoms with E-state index in [9.17, 15) is 0 Å². The maximum Gasteiger partial charge on any atom is 0.0436 e. The van der Waals surface area contributed by atoms with Gasteiger partial charge in [-0.3, -0.25) is 0 Å². The van der Waals surface area contributed by atoms with E-state index in [0.717, 1.165) is 0 Å². The highest BCUT2D eigenvalue weighted by Gasteiger charge is 2.16. The van der Waals surface area contributed by atoms with E-state index in [4.69, 9.17) is 0 Å². The van der Waals surface area contributed by atoms with Crippen LogP contribution in [0.25, 0.3) is 6.08 Å². The van der Waals surface area contributed by atoms with Gasteiger partial charge in [0.05, 0.1) is 0 Å². The van der Waals surface area contributed by atoms with Gasteiger partial charge in [-0.25, -0.2) is 0 Å². The van der Waals surface area contributed by atoms with Crippen LogP contribution in [0.5, 0.6) is 0 Å². The first kappa shape index (κ1) is 15.5. The molecule has 2 nitrogen and oxygen atoms in total. The fraction of sp³-hybridized carbons (Fsp3) is 0.600. The predicted octanol–water partition coefficient (Wildman–Crippen LogP) is 5.82. The van der Waals surface area contributed by atoms with Crippen molar-refractivity contribution in [1.29, 1.82) is 0 Å². The first-order chi connectivity index (χ1) is 10.8. The summed E-state index contributed by atoms with van der Waals surface area (Å²) in [4.78, 5) is 0. The van der Waals surface area contributed by atoms with Crippen molar-refractivity contribution in [2.24, 2.45) is 0 Å². The summed E-state index contributed by atoms with van der Waals surface area (Å²) in [6.07, 6.45) is 15.5. The van der Waals surface area contributed by atoms with E-state index in [-0.39, 0.29) is 0 Å². The molecule has 0 amide bonds. The maximum atomic E-state index is 3.97. The molecule has 0 aliphatic heterocycles. The van der Waals surface area contributed by atoms with Crippen molar-refractivity contribution in [3.8, 4) is 0 Å². The Labute approximate surface area is 135 Å². The Bertz CT molecular complexity index is 482. The SMILES string of the molecule is C=Cc1ccc(NC2CCCCC2)cc1NC1CCCCC1. The van der Waals surface area contributed by atoms with Gasteiger partial charge in [0.1, 0.15) is 0 Å². The Hall–Kier alpha value is -1.44. The molecule has 2 fully saturated rings. The Morgan fingerprint density at radius 2 is 1.41 bits per heavy atom. The molecule has 22 heavy (non-hydrogen) atoms. The monoisotopic (exact) mass is 298 g/mol. The van der Waals surface area contributed by atoms with Crippen molar-refractivity contribution in [2.45, 2.75) is 76.3 Å². The third-order valence-corrected chi connectivity index (χ3v) is 5.21. The molecule has 1 aromatic rings. The number of hydrogen-bond acceptors (Lipinski definition) is 2. The molecule has 0 unspecified atom stereocenters. The van der Waals surface area contributed by atoms with E-state index in [1.54, 1.807) is 0 Å². The van der Waals surface area contributed by atoms with Gasteiger partial charge in [-0.05, 0) is 43.4 Å². The summed E-state index contributed by atoms with van der Waals surface area (Å²) in [5, 5.41) is 7.50. The first-order valence-electron chi connectivity index (χ1n) is 9.15. The largest absolute Gasteiger partial charge is 0.382 e. The highest BCUT2D eigenvalue weighted by molar-refractivity contribution is 5.71. The number of nitrogens with one attached hydrogen (secondary N) is 2. The van der Waals surface area contributed by atoms with Gasteiger partial charge in [-0.2, -0.15) is 0 Å². The molecule has 2 heteroatoms. The lowest BCUT2D eigenvalue weighted by Gasteiger charge is -2.27. The molecule has 1 aromatic carbocycles. The Balaban J connectivity index is 1.69. The molecule has 2 aliphatic rings. The summed E-state index contributed by atoms with van der Waals surface area (Å²) in [7, 11) is 0. The third-order valence-electron chi connectivity index (χ3n) is 5.21. The van der Waals surface area contributed by atoms with Crippen LogP contribution in [0.15, 0.2) is 24.8 Å². The van der Waals surface area contributed by atoms with Crippen LogP contribution < -0.4 is 10.6 Å². The van der Waals surface area contributed by atoms with Crippen LogP contribution in [-0.2, 0) is 0 Å². The molecule has 0 heterocycles. The highest BCUT2D eigenvalue weighted by Crippen LogP contribution is 2.28. The molecular formula is C20H30N2. The normalized spacial score (nSPS) is 20.5. The number of rotatable bonds is 5. The smallest absolute Gasteiger partial charge is 0.0436 e. The minimum atomic E-state index is 0.636. The van der Waals surface area contributed by atoms with E-state index in [0.29, 0.717) is 12.1 Å². The zero-order valence-electron chi connectivity index (χ0n) is 13.7. The quantitative estimate of drug-likeness (QED) is 0.716. The van der Waals surface area contributed by atoms with Crippen molar-refractivity contribution in [2.75, 3.05) is 10.6 Å². The van der Waals surface area contributed by atoms with Crippen molar-refractivity contribution >= 4 is 17.5 Å². The zero-order valence-corrected chi connectivity index (χ0v) is 13.7. The molecule has 0 aromatic heterocycles. The molecule has 0 saturated heterocycles. The Morgan fingerprint density at radius 3 is 2.00 bits per heavy atom. The van der Waals surface area contributed by atoms with Crippen LogP contribution in [-0.4, -0.2) is 12.1 Å². The van der Waals surface area contributed by atoms with Gasteiger partial charge < -0.3 is 10.6 Å². The lowest BCUT2D eigenvalue weighted by molar-refractivity contribution is 0.461. The second kappa shape index (κ2) is 7.71. The first-order valence-corrected chi connectivity index (χ1v) is 9.15. The lowest BCUT2D eigenvalue weighted by Crippen LogP contribution is -2.24. The van der Waals surface area contributed by atoms with Crippen molar-refractivity contribution < 1.29 is 0 Å². The zero-order chi connectivity index (χ0) is 15.2. The molecule has 0 radical (unpaired) electrons. The number of benzene rings is 1.